The van der Waals surface area contributed by atoms with Crippen molar-refractivity contribution in [3.8, 4) is 5.75 Å². The Morgan fingerprint density at radius 3 is 2.47 bits per heavy atom. The highest BCUT2D eigenvalue weighted by Gasteiger charge is 2.11. The van der Waals surface area contributed by atoms with Crippen LogP contribution in [0.25, 0.3) is 0 Å². The van der Waals surface area contributed by atoms with E-state index in [-0.39, 0.29) is 5.56 Å². The number of aromatic carboxylic acids is 1. The molecule has 0 heterocycles. The van der Waals surface area contributed by atoms with E-state index in [2.05, 4.69) is 0 Å². The van der Waals surface area contributed by atoms with Crippen molar-refractivity contribution in [2.45, 2.75) is 6.42 Å². The van der Waals surface area contributed by atoms with Crippen molar-refractivity contribution in [1.29, 1.82) is 0 Å². The molecule has 2 rings (SSSR count). The first-order chi connectivity index (χ1) is 9.10. The summed E-state index contributed by atoms with van der Waals surface area (Å²) in [6, 6.07) is 11.1. The maximum Gasteiger partial charge on any atom is 0.336 e. The molecular formula is C15H13FO3. The second kappa shape index (κ2) is 5.52. The van der Waals surface area contributed by atoms with Gasteiger partial charge < -0.3 is 9.84 Å². The molecule has 0 saturated heterocycles. The van der Waals surface area contributed by atoms with Gasteiger partial charge in [-0.15, -0.1) is 0 Å². The van der Waals surface area contributed by atoms with E-state index in [1.807, 2.05) is 12.1 Å². The standard InChI is InChI=1S/C15H13FO3/c1-19-13-6-2-10(3-7-13)8-11-4-5-12(16)9-14(11)15(17)18/h2-7,9H,8H2,1H3,(H,17,18). The average Bonchev–Trinajstić information content (AvgIpc) is 2.41. The van der Waals surface area contributed by atoms with E-state index < -0.39 is 11.8 Å². The largest absolute Gasteiger partial charge is 0.497 e. The zero-order valence-corrected chi connectivity index (χ0v) is 10.4. The van der Waals surface area contributed by atoms with Crippen LogP contribution < -0.4 is 4.74 Å². The number of hydrogen-bond donors (Lipinski definition) is 1. The van der Waals surface area contributed by atoms with Crippen molar-refractivity contribution in [2.75, 3.05) is 7.11 Å². The Balaban J connectivity index is 2.29. The zero-order chi connectivity index (χ0) is 13.8. The van der Waals surface area contributed by atoms with E-state index in [1.54, 1.807) is 19.2 Å². The SMILES string of the molecule is COc1ccc(Cc2ccc(F)cc2C(=O)O)cc1. The Kier molecular flexibility index (Phi) is 3.80. The van der Waals surface area contributed by atoms with Crippen molar-refractivity contribution in [3.63, 3.8) is 0 Å². The van der Waals surface area contributed by atoms with Crippen LogP contribution in [0.3, 0.4) is 0 Å². The number of carbonyl (C=O) groups is 1. The third kappa shape index (κ3) is 3.10. The Bertz CT molecular complexity index is 591. The van der Waals surface area contributed by atoms with Gasteiger partial charge in [-0.05, 0) is 41.8 Å². The Hall–Kier alpha value is -2.36. The van der Waals surface area contributed by atoms with Crippen molar-refractivity contribution < 1.29 is 19.0 Å². The van der Waals surface area contributed by atoms with Gasteiger partial charge in [0.15, 0.2) is 0 Å². The fraction of sp³-hybridized carbons (Fsp3) is 0.133. The molecule has 0 saturated carbocycles. The minimum atomic E-state index is -1.12. The fourth-order valence-electron chi connectivity index (χ4n) is 1.87. The molecule has 2 aromatic carbocycles. The van der Waals surface area contributed by atoms with Gasteiger partial charge in [0, 0.05) is 0 Å². The second-order valence-electron chi connectivity index (χ2n) is 4.13. The molecule has 0 atom stereocenters. The quantitative estimate of drug-likeness (QED) is 0.918. The lowest BCUT2D eigenvalue weighted by molar-refractivity contribution is 0.0695. The Morgan fingerprint density at radius 2 is 1.89 bits per heavy atom. The topological polar surface area (TPSA) is 46.5 Å². The Morgan fingerprint density at radius 1 is 1.21 bits per heavy atom. The first kappa shape index (κ1) is 13.1. The molecule has 0 spiro atoms. The van der Waals surface area contributed by atoms with Gasteiger partial charge in [0.2, 0.25) is 0 Å². The summed E-state index contributed by atoms with van der Waals surface area (Å²) >= 11 is 0. The van der Waals surface area contributed by atoms with Gasteiger partial charge in [0.05, 0.1) is 12.7 Å². The highest BCUT2D eigenvalue weighted by Crippen LogP contribution is 2.18. The summed E-state index contributed by atoms with van der Waals surface area (Å²) in [6.45, 7) is 0. The molecule has 1 N–H and O–H groups in total. The van der Waals surface area contributed by atoms with Crippen molar-refractivity contribution >= 4 is 5.97 Å². The molecule has 0 amide bonds. The van der Waals surface area contributed by atoms with Gasteiger partial charge in [-0.3, -0.25) is 0 Å². The number of carboxylic acids is 1. The van der Waals surface area contributed by atoms with E-state index in [4.69, 9.17) is 9.84 Å². The lowest BCUT2D eigenvalue weighted by Gasteiger charge is -2.07. The van der Waals surface area contributed by atoms with Crippen molar-refractivity contribution in [1.82, 2.24) is 0 Å². The molecule has 98 valence electrons. The molecule has 0 aliphatic rings. The molecule has 3 nitrogen and oxygen atoms in total. The van der Waals surface area contributed by atoms with Crippen LogP contribution >= 0.6 is 0 Å². The van der Waals surface area contributed by atoms with Gasteiger partial charge in [-0.1, -0.05) is 18.2 Å². The van der Waals surface area contributed by atoms with Crippen LogP contribution in [0.15, 0.2) is 42.5 Å². The third-order valence-corrected chi connectivity index (χ3v) is 2.86. The van der Waals surface area contributed by atoms with E-state index in [0.29, 0.717) is 12.0 Å². The number of ether oxygens (including phenoxy) is 1. The molecule has 0 aliphatic carbocycles. The first-order valence-electron chi connectivity index (χ1n) is 5.75. The summed E-state index contributed by atoms with van der Waals surface area (Å²) in [4.78, 5) is 11.1. The zero-order valence-electron chi connectivity index (χ0n) is 10.4. The average molecular weight is 260 g/mol. The molecule has 0 bridgehead atoms. The van der Waals surface area contributed by atoms with Crippen LogP contribution in [0.2, 0.25) is 0 Å². The van der Waals surface area contributed by atoms with Gasteiger partial charge in [-0.2, -0.15) is 0 Å². The lowest BCUT2D eigenvalue weighted by atomic mass is 9.99. The molecular weight excluding hydrogens is 247 g/mol. The van der Waals surface area contributed by atoms with E-state index in [9.17, 15) is 9.18 Å². The molecule has 0 radical (unpaired) electrons. The molecule has 0 unspecified atom stereocenters. The van der Waals surface area contributed by atoms with Crippen molar-refractivity contribution in [3.05, 3.63) is 65.0 Å². The smallest absolute Gasteiger partial charge is 0.336 e. The van der Waals surface area contributed by atoms with Crippen molar-refractivity contribution in [2.24, 2.45) is 0 Å². The van der Waals surface area contributed by atoms with Gasteiger partial charge >= 0.3 is 5.97 Å². The summed E-state index contributed by atoms with van der Waals surface area (Å²) in [6.07, 6.45) is 0.436. The molecule has 2 aromatic rings. The molecule has 0 aromatic heterocycles. The normalized spacial score (nSPS) is 10.2. The fourth-order valence-corrected chi connectivity index (χ4v) is 1.87. The molecule has 0 fully saturated rings. The monoisotopic (exact) mass is 260 g/mol. The summed E-state index contributed by atoms with van der Waals surface area (Å²) < 4.78 is 18.1. The number of carboxylic acid groups (broad SMARTS) is 1. The summed E-state index contributed by atoms with van der Waals surface area (Å²) in [5.41, 5.74) is 1.52. The highest BCUT2D eigenvalue weighted by atomic mass is 19.1. The first-order valence-corrected chi connectivity index (χ1v) is 5.75. The summed E-state index contributed by atoms with van der Waals surface area (Å²) in [5.74, 6) is -0.930. The van der Waals surface area contributed by atoms with Crippen LogP contribution in [0.4, 0.5) is 4.39 Å². The van der Waals surface area contributed by atoms with Crippen LogP contribution in [-0.2, 0) is 6.42 Å². The summed E-state index contributed by atoms with van der Waals surface area (Å²) in [5, 5.41) is 9.06. The van der Waals surface area contributed by atoms with E-state index in [0.717, 1.165) is 17.4 Å². The van der Waals surface area contributed by atoms with E-state index >= 15 is 0 Å². The van der Waals surface area contributed by atoms with Gasteiger partial charge in [0.25, 0.3) is 0 Å². The minimum absolute atomic E-state index is 0.00387. The third-order valence-electron chi connectivity index (χ3n) is 2.86. The number of benzene rings is 2. The molecule has 19 heavy (non-hydrogen) atoms. The highest BCUT2D eigenvalue weighted by molar-refractivity contribution is 5.89. The number of rotatable bonds is 4. The van der Waals surface area contributed by atoms with Gasteiger partial charge in [-0.25, -0.2) is 9.18 Å². The maximum absolute atomic E-state index is 13.1. The lowest BCUT2D eigenvalue weighted by Crippen LogP contribution is -2.04. The second-order valence-corrected chi connectivity index (χ2v) is 4.13. The van der Waals surface area contributed by atoms with Crippen LogP contribution in [0.1, 0.15) is 21.5 Å². The number of methoxy groups -OCH3 is 1. The van der Waals surface area contributed by atoms with Crippen LogP contribution in [0.5, 0.6) is 5.75 Å². The predicted octanol–water partition coefficient (Wildman–Crippen LogP) is 3.12. The molecule has 4 heteroatoms. The molecule has 0 aliphatic heterocycles. The van der Waals surface area contributed by atoms with E-state index in [1.165, 1.54) is 12.1 Å². The van der Waals surface area contributed by atoms with Gasteiger partial charge in [0.1, 0.15) is 11.6 Å². The number of halogens is 1. The predicted molar refractivity (Wildman–Crippen MR) is 69.2 cm³/mol. The Labute approximate surface area is 110 Å². The maximum atomic E-state index is 13.1. The minimum Gasteiger partial charge on any atom is -0.497 e. The van der Waals surface area contributed by atoms with Crippen LogP contribution in [0, 0.1) is 5.82 Å². The summed E-state index contributed by atoms with van der Waals surface area (Å²) in [7, 11) is 1.58. The van der Waals surface area contributed by atoms with Crippen LogP contribution in [-0.4, -0.2) is 18.2 Å². The number of hydrogen-bond acceptors (Lipinski definition) is 2.